The van der Waals surface area contributed by atoms with Gasteiger partial charge in [-0.15, -0.1) is 10.2 Å². The van der Waals surface area contributed by atoms with Crippen LogP contribution in [0.2, 0.25) is 10.0 Å². The number of thioether (sulfide) groups is 1. The standard InChI is InChI=1S/C14H13Cl2N3O2S/c1-8(2)6-19-13(9-3-10(15)5-11(16)4-9)17-18-14(19)22-7-12(20)21/h3-5H,1,6-7H2,2H3,(H,20,21). The minimum Gasteiger partial charge on any atom is -0.481 e. The number of carboxylic acids is 1. The Kier molecular flexibility index (Phi) is 5.50. The molecule has 0 saturated carbocycles. The summed E-state index contributed by atoms with van der Waals surface area (Å²) in [6.45, 7) is 6.24. The molecule has 0 aliphatic carbocycles. The smallest absolute Gasteiger partial charge is 0.313 e. The number of hydrogen-bond acceptors (Lipinski definition) is 4. The SMILES string of the molecule is C=C(C)Cn1c(SCC(=O)O)nnc1-c1cc(Cl)cc(Cl)c1. The molecule has 0 fully saturated rings. The van der Waals surface area contributed by atoms with Gasteiger partial charge in [0.2, 0.25) is 0 Å². The molecule has 1 heterocycles. The largest absolute Gasteiger partial charge is 0.481 e. The van der Waals surface area contributed by atoms with Crippen LogP contribution >= 0.6 is 35.0 Å². The van der Waals surface area contributed by atoms with Crippen LogP contribution in [0, 0.1) is 0 Å². The second-order valence-corrected chi connectivity index (χ2v) is 6.51. The van der Waals surface area contributed by atoms with E-state index in [1.165, 1.54) is 0 Å². The number of aliphatic carboxylic acids is 1. The first-order valence-electron chi connectivity index (χ1n) is 6.25. The van der Waals surface area contributed by atoms with Crippen molar-refractivity contribution in [2.75, 3.05) is 5.75 Å². The van der Waals surface area contributed by atoms with Crippen molar-refractivity contribution in [3.8, 4) is 11.4 Å². The molecule has 0 aliphatic heterocycles. The Morgan fingerprint density at radius 3 is 2.50 bits per heavy atom. The number of aromatic nitrogens is 3. The van der Waals surface area contributed by atoms with Crippen molar-refractivity contribution in [3.63, 3.8) is 0 Å². The first-order chi connectivity index (χ1) is 10.4. The number of carboxylic acid groups (broad SMARTS) is 1. The third-order valence-corrected chi connectivity index (χ3v) is 3.98. The van der Waals surface area contributed by atoms with E-state index < -0.39 is 5.97 Å². The summed E-state index contributed by atoms with van der Waals surface area (Å²) >= 11 is 13.2. The lowest BCUT2D eigenvalue weighted by atomic mass is 10.2. The summed E-state index contributed by atoms with van der Waals surface area (Å²) in [5, 5.41) is 18.5. The van der Waals surface area contributed by atoms with Crippen LogP contribution < -0.4 is 0 Å². The maximum atomic E-state index is 10.7. The van der Waals surface area contributed by atoms with Gasteiger partial charge in [0, 0.05) is 22.2 Å². The van der Waals surface area contributed by atoms with Crippen LogP contribution in [0.15, 0.2) is 35.5 Å². The highest BCUT2D eigenvalue weighted by atomic mass is 35.5. The Hall–Kier alpha value is -1.50. The highest BCUT2D eigenvalue weighted by Crippen LogP contribution is 2.29. The number of allylic oxidation sites excluding steroid dienone is 1. The first-order valence-corrected chi connectivity index (χ1v) is 7.99. The van der Waals surface area contributed by atoms with Crippen molar-refractivity contribution in [2.24, 2.45) is 0 Å². The third-order valence-electron chi connectivity index (χ3n) is 2.59. The van der Waals surface area contributed by atoms with Gasteiger partial charge in [-0.25, -0.2) is 0 Å². The summed E-state index contributed by atoms with van der Waals surface area (Å²) in [5.41, 5.74) is 1.61. The van der Waals surface area contributed by atoms with Gasteiger partial charge in [0.1, 0.15) is 0 Å². The number of benzene rings is 1. The van der Waals surface area contributed by atoms with Crippen molar-refractivity contribution in [1.82, 2.24) is 14.8 Å². The molecule has 1 aromatic carbocycles. The molecule has 2 aromatic rings. The molecule has 0 saturated heterocycles. The zero-order chi connectivity index (χ0) is 16.3. The highest BCUT2D eigenvalue weighted by Gasteiger charge is 2.16. The summed E-state index contributed by atoms with van der Waals surface area (Å²) in [6.07, 6.45) is 0. The van der Waals surface area contributed by atoms with E-state index in [9.17, 15) is 4.79 Å². The lowest BCUT2D eigenvalue weighted by molar-refractivity contribution is -0.133. The van der Waals surface area contributed by atoms with E-state index in [0.717, 1.165) is 17.3 Å². The van der Waals surface area contributed by atoms with Crippen LogP contribution in [0.25, 0.3) is 11.4 Å². The molecule has 2 rings (SSSR count). The van der Waals surface area contributed by atoms with Gasteiger partial charge in [-0.3, -0.25) is 9.36 Å². The summed E-state index contributed by atoms with van der Waals surface area (Å²) in [5.74, 6) is -0.438. The fourth-order valence-electron chi connectivity index (χ4n) is 1.83. The Balaban J connectivity index is 2.45. The first kappa shape index (κ1) is 16.9. The average molecular weight is 358 g/mol. The Bertz CT molecular complexity index is 711. The van der Waals surface area contributed by atoms with Gasteiger partial charge in [-0.2, -0.15) is 0 Å². The van der Waals surface area contributed by atoms with E-state index in [2.05, 4.69) is 16.8 Å². The fraction of sp³-hybridized carbons (Fsp3) is 0.214. The predicted octanol–water partition coefficient (Wildman–Crippen LogP) is 4.00. The monoisotopic (exact) mass is 357 g/mol. The molecule has 116 valence electrons. The van der Waals surface area contributed by atoms with Gasteiger partial charge in [-0.05, 0) is 25.1 Å². The molecule has 0 radical (unpaired) electrons. The molecule has 0 unspecified atom stereocenters. The van der Waals surface area contributed by atoms with Gasteiger partial charge in [0.05, 0.1) is 5.75 Å². The van der Waals surface area contributed by atoms with Crippen LogP contribution in [-0.4, -0.2) is 31.6 Å². The Morgan fingerprint density at radius 1 is 1.32 bits per heavy atom. The van der Waals surface area contributed by atoms with Crippen molar-refractivity contribution in [3.05, 3.63) is 40.4 Å². The predicted molar refractivity (Wildman–Crippen MR) is 88.7 cm³/mol. The van der Waals surface area contributed by atoms with Crippen LogP contribution in [0.3, 0.4) is 0 Å². The lowest BCUT2D eigenvalue weighted by Gasteiger charge is -2.10. The number of hydrogen-bond donors (Lipinski definition) is 1. The van der Waals surface area contributed by atoms with E-state index in [-0.39, 0.29) is 5.75 Å². The van der Waals surface area contributed by atoms with Crippen LogP contribution in [0.5, 0.6) is 0 Å². The second-order valence-electron chi connectivity index (χ2n) is 4.69. The summed E-state index contributed by atoms with van der Waals surface area (Å²) in [4.78, 5) is 10.7. The highest BCUT2D eigenvalue weighted by molar-refractivity contribution is 7.99. The minimum atomic E-state index is -0.915. The Morgan fingerprint density at radius 2 is 1.95 bits per heavy atom. The molecule has 0 aliphatic rings. The van der Waals surface area contributed by atoms with Crippen molar-refractivity contribution >= 4 is 40.9 Å². The second kappa shape index (κ2) is 7.17. The molecule has 0 bridgehead atoms. The number of carbonyl (C=O) groups is 1. The molecule has 1 aromatic heterocycles. The molecule has 22 heavy (non-hydrogen) atoms. The number of halogens is 2. The molecule has 5 nitrogen and oxygen atoms in total. The van der Waals surface area contributed by atoms with E-state index in [4.69, 9.17) is 28.3 Å². The Labute approximate surface area is 142 Å². The lowest BCUT2D eigenvalue weighted by Crippen LogP contribution is -2.05. The van der Waals surface area contributed by atoms with Crippen LogP contribution in [-0.2, 0) is 11.3 Å². The maximum absolute atomic E-state index is 10.7. The van der Waals surface area contributed by atoms with Crippen molar-refractivity contribution in [2.45, 2.75) is 18.6 Å². The van der Waals surface area contributed by atoms with Gasteiger partial charge >= 0.3 is 5.97 Å². The van der Waals surface area contributed by atoms with Crippen LogP contribution in [0.1, 0.15) is 6.92 Å². The van der Waals surface area contributed by atoms with E-state index in [1.807, 2.05) is 6.92 Å². The number of rotatable bonds is 6. The normalized spacial score (nSPS) is 10.7. The fourth-order valence-corrected chi connectivity index (χ4v) is 3.01. The van der Waals surface area contributed by atoms with Gasteiger partial charge < -0.3 is 5.11 Å². The average Bonchev–Trinajstić information content (AvgIpc) is 2.77. The zero-order valence-corrected chi connectivity index (χ0v) is 14.0. The molecule has 0 spiro atoms. The molecule has 8 heteroatoms. The number of nitrogens with zero attached hydrogens (tertiary/aromatic N) is 3. The third kappa shape index (κ3) is 4.25. The summed E-state index contributed by atoms with van der Waals surface area (Å²) < 4.78 is 1.80. The van der Waals surface area contributed by atoms with E-state index in [0.29, 0.717) is 33.1 Å². The van der Waals surface area contributed by atoms with Gasteiger partial charge in [0.15, 0.2) is 11.0 Å². The van der Waals surface area contributed by atoms with Crippen molar-refractivity contribution < 1.29 is 9.90 Å². The zero-order valence-electron chi connectivity index (χ0n) is 11.7. The molecule has 0 amide bonds. The molecule has 0 atom stereocenters. The van der Waals surface area contributed by atoms with E-state index >= 15 is 0 Å². The van der Waals surface area contributed by atoms with Crippen LogP contribution in [0.4, 0.5) is 0 Å². The maximum Gasteiger partial charge on any atom is 0.313 e. The molecule has 1 N–H and O–H groups in total. The van der Waals surface area contributed by atoms with E-state index in [1.54, 1.807) is 22.8 Å². The topological polar surface area (TPSA) is 68.0 Å². The summed E-state index contributed by atoms with van der Waals surface area (Å²) in [6, 6.07) is 5.10. The molecular weight excluding hydrogens is 345 g/mol. The quantitative estimate of drug-likeness (QED) is 0.624. The van der Waals surface area contributed by atoms with Crippen molar-refractivity contribution in [1.29, 1.82) is 0 Å². The molecular formula is C14H13Cl2N3O2S. The summed E-state index contributed by atoms with van der Waals surface area (Å²) in [7, 11) is 0. The van der Waals surface area contributed by atoms with Gasteiger partial charge in [-0.1, -0.05) is 47.1 Å². The van der Waals surface area contributed by atoms with Gasteiger partial charge in [0.25, 0.3) is 0 Å². The minimum absolute atomic E-state index is 0.0926.